The highest BCUT2D eigenvalue weighted by Gasteiger charge is 2.46. The molecule has 0 aliphatic carbocycles. The Morgan fingerprint density at radius 2 is 2.04 bits per heavy atom. The molecule has 0 fully saturated rings. The van der Waals surface area contributed by atoms with Gasteiger partial charge in [0.25, 0.3) is 5.56 Å². The van der Waals surface area contributed by atoms with Crippen LogP contribution in [0.4, 0.5) is 0 Å². The summed E-state index contributed by atoms with van der Waals surface area (Å²) < 4.78 is 5.68. The quantitative estimate of drug-likeness (QED) is 0.756. The molecule has 3 N–H and O–H groups in total. The molecular weight excluding hydrogens is 306 g/mol. The molecule has 0 saturated carbocycles. The van der Waals surface area contributed by atoms with Crippen LogP contribution in [0.5, 0.6) is 5.75 Å². The van der Waals surface area contributed by atoms with E-state index in [1.807, 2.05) is 30.3 Å². The number of H-pyrrole nitrogens is 1. The molecule has 24 heavy (non-hydrogen) atoms. The smallest absolute Gasteiger partial charge is 0.256 e. The van der Waals surface area contributed by atoms with Crippen molar-refractivity contribution in [1.29, 1.82) is 0 Å². The first-order chi connectivity index (χ1) is 11.3. The van der Waals surface area contributed by atoms with Gasteiger partial charge < -0.3 is 19.9 Å². The van der Waals surface area contributed by atoms with Gasteiger partial charge in [-0.3, -0.25) is 4.79 Å². The number of aromatic amines is 1. The van der Waals surface area contributed by atoms with E-state index in [0.29, 0.717) is 16.9 Å². The summed E-state index contributed by atoms with van der Waals surface area (Å²) >= 11 is 0. The van der Waals surface area contributed by atoms with Crippen LogP contribution < -0.4 is 10.3 Å². The summed E-state index contributed by atoms with van der Waals surface area (Å²) in [5.41, 5.74) is 1.30. The van der Waals surface area contributed by atoms with Gasteiger partial charge in [0.15, 0.2) is 0 Å². The number of aliphatic hydroxyl groups excluding tert-OH is 2. The van der Waals surface area contributed by atoms with Gasteiger partial charge in [-0.15, -0.1) is 0 Å². The van der Waals surface area contributed by atoms with Crippen LogP contribution >= 0.6 is 0 Å². The molecule has 0 amide bonds. The minimum atomic E-state index is -1.20. The number of nitrogens with one attached hydrogen (secondary N) is 1. The Kier molecular flexibility index (Phi) is 4.07. The lowest BCUT2D eigenvalue weighted by atomic mass is 9.81. The number of hydrogen-bond acceptors (Lipinski definition) is 4. The van der Waals surface area contributed by atoms with Crippen LogP contribution in [0.25, 0.3) is 11.1 Å². The van der Waals surface area contributed by atoms with Crippen molar-refractivity contribution >= 4 is 0 Å². The molecule has 126 valence electrons. The number of benzene rings is 1. The Labute approximate surface area is 140 Å². The predicted molar refractivity (Wildman–Crippen MR) is 91.9 cm³/mol. The lowest BCUT2D eigenvalue weighted by Gasteiger charge is -2.23. The van der Waals surface area contributed by atoms with E-state index in [4.69, 9.17) is 4.74 Å². The number of aliphatic hydroxyl groups is 2. The van der Waals surface area contributed by atoms with Crippen LogP contribution in [0.1, 0.15) is 26.3 Å². The Bertz CT molecular complexity index is 838. The molecule has 1 aromatic carbocycles. The molecule has 0 bridgehead atoms. The van der Waals surface area contributed by atoms with Crippen molar-refractivity contribution in [3.63, 3.8) is 0 Å². The van der Waals surface area contributed by atoms with Crippen LogP contribution in [0.2, 0.25) is 0 Å². The van der Waals surface area contributed by atoms with Gasteiger partial charge in [0.2, 0.25) is 6.29 Å². The van der Waals surface area contributed by atoms with Gasteiger partial charge in [-0.2, -0.15) is 0 Å². The fourth-order valence-corrected chi connectivity index (χ4v) is 3.05. The Hall–Kier alpha value is -2.37. The number of aromatic nitrogens is 1. The van der Waals surface area contributed by atoms with Crippen molar-refractivity contribution in [3.8, 4) is 16.9 Å². The lowest BCUT2D eigenvalue weighted by molar-refractivity contribution is -0.0363. The van der Waals surface area contributed by atoms with Crippen LogP contribution in [-0.2, 0) is 5.41 Å². The zero-order valence-electron chi connectivity index (χ0n) is 13.9. The summed E-state index contributed by atoms with van der Waals surface area (Å²) in [5.74, 6) is 0.384. The Morgan fingerprint density at radius 1 is 1.38 bits per heavy atom. The van der Waals surface area contributed by atoms with Gasteiger partial charge in [-0.05, 0) is 31.9 Å². The van der Waals surface area contributed by atoms with Gasteiger partial charge in [-0.25, -0.2) is 0 Å². The highest BCUT2D eigenvalue weighted by Crippen LogP contribution is 2.46. The highest BCUT2D eigenvalue weighted by molar-refractivity contribution is 5.73. The first-order valence-electron chi connectivity index (χ1n) is 7.88. The molecular formula is C19H21NO4. The number of pyridine rings is 1. The fraction of sp³-hybridized carbons (Fsp3) is 0.316. The monoisotopic (exact) mass is 327 g/mol. The molecule has 2 aromatic rings. The zero-order chi connectivity index (χ0) is 17.5. The average Bonchev–Trinajstić information content (AvgIpc) is 2.80. The van der Waals surface area contributed by atoms with Crippen LogP contribution in [0.3, 0.4) is 0 Å². The van der Waals surface area contributed by atoms with E-state index in [-0.39, 0.29) is 5.56 Å². The predicted octanol–water partition coefficient (Wildman–Crippen LogP) is 2.34. The summed E-state index contributed by atoms with van der Waals surface area (Å²) in [4.78, 5) is 15.2. The summed E-state index contributed by atoms with van der Waals surface area (Å²) in [6, 6.07) is 9.53. The number of fused-ring (bicyclic) bond motifs is 1. The lowest BCUT2D eigenvalue weighted by Crippen LogP contribution is -2.37. The van der Waals surface area contributed by atoms with E-state index >= 15 is 0 Å². The van der Waals surface area contributed by atoms with Gasteiger partial charge >= 0.3 is 0 Å². The molecule has 2 heterocycles. The van der Waals surface area contributed by atoms with E-state index in [1.54, 1.807) is 33.0 Å². The van der Waals surface area contributed by atoms with Gasteiger partial charge in [-0.1, -0.05) is 36.4 Å². The number of rotatable bonds is 3. The summed E-state index contributed by atoms with van der Waals surface area (Å²) in [7, 11) is 0. The number of hydrogen-bond donors (Lipinski definition) is 3. The molecule has 0 radical (unpaired) electrons. The van der Waals surface area contributed by atoms with E-state index < -0.39 is 17.8 Å². The van der Waals surface area contributed by atoms with Gasteiger partial charge in [0, 0.05) is 11.8 Å². The Morgan fingerprint density at radius 3 is 2.67 bits per heavy atom. The fourth-order valence-electron chi connectivity index (χ4n) is 3.05. The van der Waals surface area contributed by atoms with Gasteiger partial charge in [0.05, 0.1) is 17.1 Å². The van der Waals surface area contributed by atoms with Crippen molar-refractivity contribution in [3.05, 3.63) is 64.1 Å². The largest absolute Gasteiger partial charge is 0.463 e. The third-order valence-corrected chi connectivity index (χ3v) is 4.60. The first-order valence-corrected chi connectivity index (χ1v) is 7.88. The molecule has 3 atom stereocenters. The second-order valence-electron chi connectivity index (χ2n) is 6.42. The SMILES string of the molecule is C/C(=C\[C@@]1(C)c2c(c(-c3ccccc3)c[nH]c2=O)O[C@H]1O)[C@H](C)O. The third kappa shape index (κ3) is 2.56. The first kappa shape index (κ1) is 16.5. The molecule has 0 unspecified atom stereocenters. The average molecular weight is 327 g/mol. The maximum Gasteiger partial charge on any atom is 0.256 e. The second-order valence-corrected chi connectivity index (χ2v) is 6.42. The van der Waals surface area contributed by atoms with E-state index in [9.17, 15) is 15.0 Å². The summed E-state index contributed by atoms with van der Waals surface area (Å²) in [5, 5.41) is 20.2. The summed E-state index contributed by atoms with van der Waals surface area (Å²) in [6.07, 6.45) is 1.43. The normalized spacial score (nSPS) is 24.4. The molecule has 0 saturated heterocycles. The summed E-state index contributed by atoms with van der Waals surface area (Å²) in [6.45, 7) is 5.14. The van der Waals surface area contributed by atoms with Gasteiger partial charge in [0.1, 0.15) is 5.75 Å². The molecule has 1 aliphatic heterocycles. The molecule has 5 nitrogen and oxygen atoms in total. The maximum atomic E-state index is 12.5. The highest BCUT2D eigenvalue weighted by atomic mass is 16.6. The van der Waals surface area contributed by atoms with Crippen LogP contribution in [0.15, 0.2) is 53.0 Å². The van der Waals surface area contributed by atoms with E-state index in [2.05, 4.69) is 4.98 Å². The van der Waals surface area contributed by atoms with Crippen LogP contribution in [-0.4, -0.2) is 27.6 Å². The van der Waals surface area contributed by atoms with Crippen LogP contribution in [0, 0.1) is 0 Å². The molecule has 3 rings (SSSR count). The Balaban J connectivity index is 2.23. The van der Waals surface area contributed by atoms with Crippen molar-refractivity contribution in [1.82, 2.24) is 4.98 Å². The minimum Gasteiger partial charge on any atom is -0.463 e. The topological polar surface area (TPSA) is 82.6 Å². The zero-order valence-corrected chi connectivity index (χ0v) is 13.9. The van der Waals surface area contributed by atoms with Crippen molar-refractivity contribution in [2.75, 3.05) is 0 Å². The standard InChI is InChI=1S/C19H21NO4/c1-11(12(2)21)9-19(3)15-16(24-18(19)23)14(10-20-17(15)22)13-7-5-4-6-8-13/h4-10,12,18,21,23H,1-3H3,(H,20,22)/b11-9+/t12-,18+,19-/m0/s1. The maximum absolute atomic E-state index is 12.5. The second kappa shape index (κ2) is 5.92. The molecule has 0 spiro atoms. The molecule has 1 aromatic heterocycles. The number of ether oxygens (including phenoxy) is 1. The van der Waals surface area contributed by atoms with E-state index in [1.165, 1.54) is 0 Å². The van der Waals surface area contributed by atoms with Crippen molar-refractivity contribution in [2.45, 2.75) is 38.6 Å². The van der Waals surface area contributed by atoms with Crippen molar-refractivity contribution in [2.24, 2.45) is 0 Å². The van der Waals surface area contributed by atoms with E-state index in [0.717, 1.165) is 11.1 Å². The van der Waals surface area contributed by atoms with Crippen molar-refractivity contribution < 1.29 is 14.9 Å². The molecule has 5 heteroatoms. The third-order valence-electron chi connectivity index (χ3n) is 4.60. The molecule has 1 aliphatic rings. The minimum absolute atomic E-state index is 0.307.